The minimum Gasteiger partial charge on any atom is -0.462 e. The number of rotatable bonds is 20. The molecule has 4 aromatic carbocycles. The summed E-state index contributed by atoms with van der Waals surface area (Å²) in [5, 5.41) is 1.50. The molecule has 0 unspecified atom stereocenters. The van der Waals surface area contributed by atoms with E-state index in [-0.39, 0.29) is 32.4 Å². The van der Waals surface area contributed by atoms with Crippen molar-refractivity contribution in [1.82, 2.24) is 10.4 Å². The zero-order chi connectivity index (χ0) is 40.5. The van der Waals surface area contributed by atoms with Gasteiger partial charge in [-0.25, -0.2) is 9.80 Å². The molecule has 1 aliphatic heterocycles. The summed E-state index contributed by atoms with van der Waals surface area (Å²) in [5.74, 6) is -0.492. The second-order valence-corrected chi connectivity index (χ2v) is 15.4. The maximum Gasteiger partial charge on any atom is 0.422 e. The summed E-state index contributed by atoms with van der Waals surface area (Å²) in [6.45, 7) is 10.4. The topological polar surface area (TPSA) is 114 Å². The van der Waals surface area contributed by atoms with Crippen molar-refractivity contribution >= 4 is 12.1 Å². The van der Waals surface area contributed by atoms with Crippen LogP contribution in [0.5, 0.6) is 0 Å². The van der Waals surface area contributed by atoms with Gasteiger partial charge in [0.25, 0.3) is 0 Å². The van der Waals surface area contributed by atoms with Gasteiger partial charge in [0.15, 0.2) is 0 Å². The molecule has 1 aliphatic rings. The monoisotopic (exact) mass is 782 g/mol. The lowest BCUT2D eigenvalue weighted by molar-refractivity contribution is -0.274. The lowest BCUT2D eigenvalue weighted by atomic mass is 9.92. The molecule has 0 aliphatic carbocycles. The molecule has 1 heterocycles. The number of nitrogens with one attached hydrogen (secondary N) is 1. The number of benzene rings is 4. The van der Waals surface area contributed by atoms with Crippen molar-refractivity contribution in [2.75, 3.05) is 19.7 Å². The summed E-state index contributed by atoms with van der Waals surface area (Å²) < 4.78 is 44.7. The Labute approximate surface area is 337 Å². The Morgan fingerprint density at radius 2 is 1.09 bits per heavy atom. The fourth-order valence-electron chi connectivity index (χ4n) is 6.46. The van der Waals surface area contributed by atoms with Crippen LogP contribution in [0.1, 0.15) is 63.3 Å². The number of esters is 1. The Morgan fingerprint density at radius 3 is 1.54 bits per heavy atom. The summed E-state index contributed by atoms with van der Waals surface area (Å²) in [7, 11) is 0. The van der Waals surface area contributed by atoms with Gasteiger partial charge in [-0.05, 0) is 63.3 Å². The van der Waals surface area contributed by atoms with Gasteiger partial charge in [-0.1, -0.05) is 121 Å². The smallest absolute Gasteiger partial charge is 0.422 e. The van der Waals surface area contributed by atoms with E-state index in [0.717, 1.165) is 22.3 Å². The van der Waals surface area contributed by atoms with Gasteiger partial charge in [-0.2, -0.15) is 0 Å². The number of carbonyl (C=O) groups excluding carboxylic acids is 2. The molecule has 1 saturated heterocycles. The molecule has 1 N–H and O–H groups in total. The summed E-state index contributed by atoms with van der Waals surface area (Å²) in [4.78, 5) is 25.9. The predicted molar refractivity (Wildman–Crippen MR) is 217 cm³/mol. The Bertz CT molecular complexity index is 1740. The second-order valence-electron chi connectivity index (χ2n) is 15.4. The molecule has 11 heteroatoms. The molecule has 306 valence electrons. The van der Waals surface area contributed by atoms with E-state index in [0.29, 0.717) is 26.2 Å². The first-order valence-electron chi connectivity index (χ1n) is 19.7. The summed E-state index contributed by atoms with van der Waals surface area (Å²) in [5.41, 5.74) is 6.02. The molecular formula is C46H58N2O9. The Hall–Kier alpha value is -4.62. The van der Waals surface area contributed by atoms with Gasteiger partial charge in [0, 0.05) is 6.54 Å². The molecule has 0 radical (unpaired) electrons. The molecule has 4 aromatic rings. The van der Waals surface area contributed by atoms with Crippen LogP contribution in [0.4, 0.5) is 4.79 Å². The Balaban J connectivity index is 1.47. The average Bonchev–Trinajstić information content (AvgIpc) is 3.18. The number of carbonyl (C=O) groups is 2. The molecule has 0 aromatic heterocycles. The molecule has 1 fully saturated rings. The minimum absolute atomic E-state index is 0.195. The molecule has 57 heavy (non-hydrogen) atoms. The third kappa shape index (κ3) is 15.3. The van der Waals surface area contributed by atoms with Crippen LogP contribution in [0, 0.1) is 0 Å². The number of hydrogen-bond donors (Lipinski definition) is 1. The molecular weight excluding hydrogens is 725 g/mol. The van der Waals surface area contributed by atoms with Crippen molar-refractivity contribution in [2.45, 2.75) is 110 Å². The van der Waals surface area contributed by atoms with Crippen LogP contribution in [0.25, 0.3) is 0 Å². The standard InChI is InChI=1S/C46H58N2O9/c1-34(2)55-41(49)28-48(47-45(50)57-46(3,4)5)27-26-39-42(52-30-36-20-12-7-13-21-36)44(54-32-38-24-16-9-17-25-38)43(53-31-37-22-14-8-15-23-37)40(56-39)33-51-29-35-18-10-6-11-19-35/h6-25,34,39-40,42-44H,26-33H2,1-5H3,(H,47,50)/t39-,40+,42-,43+,44+/m0/s1. The maximum atomic E-state index is 13.0. The van der Waals surface area contributed by atoms with E-state index < -0.39 is 48.2 Å². The van der Waals surface area contributed by atoms with E-state index in [1.807, 2.05) is 121 Å². The van der Waals surface area contributed by atoms with E-state index in [4.69, 9.17) is 33.2 Å². The first-order chi connectivity index (χ1) is 27.5. The van der Waals surface area contributed by atoms with Gasteiger partial charge in [-0.3, -0.25) is 10.2 Å². The quantitative estimate of drug-likeness (QED) is 0.0704. The molecule has 0 saturated carbocycles. The fourth-order valence-corrected chi connectivity index (χ4v) is 6.46. The van der Waals surface area contributed by atoms with E-state index in [1.165, 1.54) is 5.01 Å². The van der Waals surface area contributed by atoms with Gasteiger partial charge < -0.3 is 33.2 Å². The third-order valence-electron chi connectivity index (χ3n) is 9.00. The average molecular weight is 783 g/mol. The Morgan fingerprint density at radius 1 is 0.649 bits per heavy atom. The van der Waals surface area contributed by atoms with Crippen molar-refractivity contribution in [1.29, 1.82) is 0 Å². The summed E-state index contributed by atoms with van der Waals surface area (Å²) in [6.07, 6.45) is -3.68. The highest BCUT2D eigenvalue weighted by Crippen LogP contribution is 2.32. The zero-order valence-electron chi connectivity index (χ0n) is 33.8. The maximum absolute atomic E-state index is 13.0. The first kappa shape index (κ1) is 43.5. The molecule has 0 spiro atoms. The highest BCUT2D eigenvalue weighted by atomic mass is 16.6. The zero-order valence-corrected chi connectivity index (χ0v) is 33.8. The van der Waals surface area contributed by atoms with Gasteiger partial charge in [0.05, 0.1) is 45.2 Å². The van der Waals surface area contributed by atoms with Gasteiger partial charge in [-0.15, -0.1) is 0 Å². The number of hydrogen-bond acceptors (Lipinski definition) is 10. The second kappa shape index (κ2) is 22.4. The molecule has 0 bridgehead atoms. The van der Waals surface area contributed by atoms with Crippen LogP contribution < -0.4 is 5.43 Å². The van der Waals surface area contributed by atoms with Gasteiger partial charge in [0.2, 0.25) is 0 Å². The van der Waals surface area contributed by atoms with E-state index in [2.05, 4.69) is 5.43 Å². The van der Waals surface area contributed by atoms with Crippen molar-refractivity contribution in [3.8, 4) is 0 Å². The van der Waals surface area contributed by atoms with Crippen LogP contribution in [0.15, 0.2) is 121 Å². The largest absolute Gasteiger partial charge is 0.462 e. The lowest BCUT2D eigenvalue weighted by Gasteiger charge is -2.46. The minimum atomic E-state index is -0.748. The Kier molecular flexibility index (Phi) is 17.1. The van der Waals surface area contributed by atoms with E-state index in [9.17, 15) is 9.59 Å². The number of nitrogens with zero attached hydrogens (tertiary/aromatic N) is 1. The van der Waals surface area contributed by atoms with E-state index in [1.54, 1.807) is 34.6 Å². The van der Waals surface area contributed by atoms with Crippen LogP contribution in [0.2, 0.25) is 0 Å². The normalized spacial score (nSPS) is 19.7. The predicted octanol–water partition coefficient (Wildman–Crippen LogP) is 7.81. The van der Waals surface area contributed by atoms with Crippen LogP contribution in [0.3, 0.4) is 0 Å². The summed E-state index contributed by atoms with van der Waals surface area (Å²) in [6, 6.07) is 39.8. The van der Waals surface area contributed by atoms with Gasteiger partial charge in [0.1, 0.15) is 36.6 Å². The van der Waals surface area contributed by atoms with Crippen LogP contribution in [-0.4, -0.2) is 79.0 Å². The molecule has 1 amide bonds. The third-order valence-corrected chi connectivity index (χ3v) is 9.00. The first-order valence-corrected chi connectivity index (χ1v) is 19.7. The number of hydrazine groups is 1. The van der Waals surface area contributed by atoms with Crippen molar-refractivity contribution in [3.63, 3.8) is 0 Å². The highest BCUT2D eigenvalue weighted by molar-refractivity contribution is 5.73. The fraction of sp³-hybridized carbons (Fsp3) is 0.435. The van der Waals surface area contributed by atoms with Crippen LogP contribution in [-0.2, 0) is 64.4 Å². The molecule has 11 nitrogen and oxygen atoms in total. The summed E-state index contributed by atoms with van der Waals surface area (Å²) >= 11 is 0. The van der Waals surface area contributed by atoms with Crippen LogP contribution >= 0.6 is 0 Å². The van der Waals surface area contributed by atoms with Crippen molar-refractivity contribution in [3.05, 3.63) is 144 Å². The SMILES string of the molecule is CC(C)OC(=O)CN(CC[C@@H]1O[C@H](COCc2ccccc2)[C@@H](OCc2ccccc2)[C@H](OCc2ccccc2)[C@H]1OCc1ccccc1)NC(=O)OC(C)(C)C. The number of amides is 1. The molecule has 5 atom stereocenters. The van der Waals surface area contributed by atoms with E-state index >= 15 is 0 Å². The lowest BCUT2D eigenvalue weighted by Crippen LogP contribution is -2.61. The number of ether oxygens (including phenoxy) is 7. The van der Waals surface area contributed by atoms with Crippen molar-refractivity contribution < 1.29 is 42.7 Å². The highest BCUT2D eigenvalue weighted by Gasteiger charge is 2.48. The van der Waals surface area contributed by atoms with Gasteiger partial charge >= 0.3 is 12.1 Å². The molecule has 5 rings (SSSR count). The van der Waals surface area contributed by atoms with Crippen molar-refractivity contribution in [2.24, 2.45) is 0 Å².